The Labute approximate surface area is 109 Å². The number of benzene rings is 1. The number of aromatic nitrogens is 3. The second-order valence-electron chi connectivity index (χ2n) is 3.82. The van der Waals surface area contributed by atoms with E-state index in [1.165, 1.54) is 6.33 Å². The fourth-order valence-electron chi connectivity index (χ4n) is 1.75. The molecule has 6 heteroatoms. The van der Waals surface area contributed by atoms with Crippen molar-refractivity contribution in [2.24, 2.45) is 5.84 Å². The van der Waals surface area contributed by atoms with Gasteiger partial charge >= 0.3 is 0 Å². The van der Waals surface area contributed by atoms with Gasteiger partial charge in [0.25, 0.3) is 0 Å². The number of anilines is 1. The summed E-state index contributed by atoms with van der Waals surface area (Å²) in [5, 5.41) is 1.01. The first-order chi connectivity index (χ1) is 9.36. The van der Waals surface area contributed by atoms with E-state index in [0.29, 0.717) is 17.4 Å². The molecule has 0 aliphatic heterocycles. The van der Waals surface area contributed by atoms with Crippen LogP contribution in [0.3, 0.4) is 0 Å². The molecule has 0 bridgehead atoms. The van der Waals surface area contributed by atoms with Gasteiger partial charge in [-0.25, -0.2) is 15.8 Å². The van der Waals surface area contributed by atoms with Crippen LogP contribution in [0.25, 0.3) is 10.9 Å². The molecule has 2 aromatic heterocycles. The summed E-state index contributed by atoms with van der Waals surface area (Å²) >= 11 is 0. The zero-order valence-corrected chi connectivity index (χ0v) is 9.95. The molecule has 2 heterocycles. The normalized spacial score (nSPS) is 10.4. The van der Waals surface area contributed by atoms with Gasteiger partial charge in [-0.3, -0.25) is 4.98 Å². The average molecular weight is 253 g/mol. The molecule has 0 saturated heterocycles. The number of ether oxygens (including phenoxy) is 1. The molecule has 0 amide bonds. The molecule has 0 aliphatic carbocycles. The number of para-hydroxylation sites is 1. The lowest BCUT2D eigenvalue weighted by atomic mass is 10.2. The Hall–Kier alpha value is -2.73. The van der Waals surface area contributed by atoms with Crippen LogP contribution in [0.1, 0.15) is 0 Å². The molecule has 94 valence electrons. The predicted octanol–water partition coefficient (Wildman–Crippen LogP) is 2.10. The number of nitrogens with zero attached hydrogens (tertiary/aromatic N) is 3. The maximum absolute atomic E-state index is 5.72. The van der Waals surface area contributed by atoms with Gasteiger partial charge in [0.1, 0.15) is 17.7 Å². The quantitative estimate of drug-likeness (QED) is 0.549. The summed E-state index contributed by atoms with van der Waals surface area (Å²) in [6.45, 7) is 0. The molecule has 0 unspecified atom stereocenters. The van der Waals surface area contributed by atoms with Gasteiger partial charge < -0.3 is 10.2 Å². The van der Waals surface area contributed by atoms with Crippen molar-refractivity contribution in [3.05, 3.63) is 48.9 Å². The molecular formula is C13H11N5O. The van der Waals surface area contributed by atoms with Crippen molar-refractivity contribution in [2.75, 3.05) is 5.43 Å². The Kier molecular flexibility index (Phi) is 2.91. The van der Waals surface area contributed by atoms with Gasteiger partial charge in [-0.15, -0.1) is 0 Å². The molecule has 0 fully saturated rings. The molecule has 19 heavy (non-hydrogen) atoms. The highest BCUT2D eigenvalue weighted by Gasteiger charge is 2.05. The number of nitrogens with two attached hydrogens (primary N) is 1. The van der Waals surface area contributed by atoms with Gasteiger partial charge in [0, 0.05) is 17.6 Å². The van der Waals surface area contributed by atoms with Crippen LogP contribution in [0.5, 0.6) is 11.6 Å². The third-order valence-electron chi connectivity index (χ3n) is 2.60. The second-order valence-corrected chi connectivity index (χ2v) is 3.82. The van der Waals surface area contributed by atoms with Crippen LogP contribution in [-0.2, 0) is 0 Å². The Morgan fingerprint density at radius 2 is 1.95 bits per heavy atom. The number of hydrogen-bond acceptors (Lipinski definition) is 6. The van der Waals surface area contributed by atoms with E-state index >= 15 is 0 Å². The van der Waals surface area contributed by atoms with E-state index in [2.05, 4.69) is 20.4 Å². The molecule has 0 saturated carbocycles. The van der Waals surface area contributed by atoms with Crippen LogP contribution >= 0.6 is 0 Å². The Bertz CT molecular complexity index is 711. The van der Waals surface area contributed by atoms with Gasteiger partial charge in [-0.1, -0.05) is 18.2 Å². The highest BCUT2D eigenvalue weighted by molar-refractivity contribution is 5.84. The monoisotopic (exact) mass is 253 g/mol. The van der Waals surface area contributed by atoms with Crippen molar-refractivity contribution in [3.8, 4) is 11.6 Å². The van der Waals surface area contributed by atoms with Gasteiger partial charge in [0.05, 0.1) is 0 Å². The highest BCUT2D eigenvalue weighted by atomic mass is 16.5. The summed E-state index contributed by atoms with van der Waals surface area (Å²) in [5.74, 6) is 6.82. The van der Waals surface area contributed by atoms with Crippen molar-refractivity contribution in [2.45, 2.75) is 0 Å². The van der Waals surface area contributed by atoms with Gasteiger partial charge in [0.2, 0.25) is 5.88 Å². The zero-order chi connectivity index (χ0) is 13.1. The van der Waals surface area contributed by atoms with Crippen LogP contribution in [0.4, 0.5) is 5.82 Å². The molecular weight excluding hydrogens is 242 g/mol. The van der Waals surface area contributed by atoms with Crippen molar-refractivity contribution in [3.63, 3.8) is 0 Å². The number of fused-ring (bicyclic) bond motifs is 1. The highest BCUT2D eigenvalue weighted by Crippen LogP contribution is 2.27. The number of nitrogens with one attached hydrogen (secondary N) is 1. The Morgan fingerprint density at radius 3 is 2.84 bits per heavy atom. The lowest BCUT2D eigenvalue weighted by Crippen LogP contribution is -2.08. The smallest absolute Gasteiger partial charge is 0.224 e. The first kappa shape index (κ1) is 11.4. The summed E-state index contributed by atoms with van der Waals surface area (Å²) in [4.78, 5) is 12.3. The van der Waals surface area contributed by atoms with E-state index in [9.17, 15) is 0 Å². The minimum Gasteiger partial charge on any atom is -0.437 e. The van der Waals surface area contributed by atoms with E-state index in [-0.39, 0.29) is 0 Å². The van der Waals surface area contributed by atoms with E-state index in [1.54, 1.807) is 12.3 Å². The topological polar surface area (TPSA) is 86.0 Å². The average Bonchev–Trinajstić information content (AvgIpc) is 2.48. The number of nitrogen functional groups attached to an aromatic ring is 1. The summed E-state index contributed by atoms with van der Waals surface area (Å²) in [7, 11) is 0. The third-order valence-corrected chi connectivity index (χ3v) is 2.60. The first-order valence-electron chi connectivity index (χ1n) is 5.67. The minimum atomic E-state index is 0.404. The molecule has 0 atom stereocenters. The lowest BCUT2D eigenvalue weighted by Gasteiger charge is -2.07. The van der Waals surface area contributed by atoms with Crippen LogP contribution in [0.2, 0.25) is 0 Å². The molecule has 3 N–H and O–H groups in total. The summed E-state index contributed by atoms with van der Waals surface area (Å²) in [6.07, 6.45) is 3.10. The van der Waals surface area contributed by atoms with Crippen molar-refractivity contribution >= 4 is 16.7 Å². The maximum Gasteiger partial charge on any atom is 0.224 e. The van der Waals surface area contributed by atoms with Crippen LogP contribution < -0.4 is 16.0 Å². The third kappa shape index (κ3) is 2.29. The summed E-state index contributed by atoms with van der Waals surface area (Å²) in [6, 6.07) is 11.2. The van der Waals surface area contributed by atoms with Crippen molar-refractivity contribution in [1.82, 2.24) is 15.0 Å². The summed E-state index contributed by atoms with van der Waals surface area (Å²) < 4.78 is 5.72. The molecule has 3 rings (SSSR count). The van der Waals surface area contributed by atoms with E-state index < -0.39 is 0 Å². The van der Waals surface area contributed by atoms with Crippen molar-refractivity contribution < 1.29 is 4.74 Å². The van der Waals surface area contributed by atoms with E-state index in [1.807, 2.05) is 30.3 Å². The Balaban J connectivity index is 2.01. The van der Waals surface area contributed by atoms with Gasteiger partial charge in [0.15, 0.2) is 5.75 Å². The minimum absolute atomic E-state index is 0.404. The number of pyridine rings is 1. The maximum atomic E-state index is 5.72. The second kappa shape index (κ2) is 4.87. The standard InChI is InChI=1S/C13H11N5O/c14-18-11-7-12(17-8-16-11)19-10-5-1-3-9-4-2-6-15-13(9)10/h1-8H,14H2,(H,16,17,18). The van der Waals surface area contributed by atoms with Crippen molar-refractivity contribution in [1.29, 1.82) is 0 Å². The molecule has 1 aromatic carbocycles. The largest absolute Gasteiger partial charge is 0.437 e. The predicted molar refractivity (Wildman–Crippen MR) is 71.7 cm³/mol. The number of hydrazine groups is 1. The number of rotatable bonds is 3. The number of hydrogen-bond donors (Lipinski definition) is 2. The molecule has 0 aliphatic rings. The fraction of sp³-hybridized carbons (Fsp3) is 0. The molecule has 0 radical (unpaired) electrons. The zero-order valence-electron chi connectivity index (χ0n) is 9.95. The van der Waals surface area contributed by atoms with E-state index in [4.69, 9.17) is 10.6 Å². The Morgan fingerprint density at radius 1 is 1.05 bits per heavy atom. The fourth-order valence-corrected chi connectivity index (χ4v) is 1.75. The summed E-state index contributed by atoms with van der Waals surface area (Å²) in [5.41, 5.74) is 3.23. The first-order valence-corrected chi connectivity index (χ1v) is 5.67. The van der Waals surface area contributed by atoms with Gasteiger partial charge in [-0.05, 0) is 12.1 Å². The molecule has 0 spiro atoms. The van der Waals surface area contributed by atoms with Crippen LogP contribution in [0, 0.1) is 0 Å². The molecule has 3 aromatic rings. The lowest BCUT2D eigenvalue weighted by molar-refractivity contribution is 0.466. The van der Waals surface area contributed by atoms with Crippen LogP contribution in [0.15, 0.2) is 48.9 Å². The van der Waals surface area contributed by atoms with E-state index in [0.717, 1.165) is 10.9 Å². The SMILES string of the molecule is NNc1cc(Oc2cccc3cccnc23)ncn1. The molecule has 6 nitrogen and oxygen atoms in total. The van der Waals surface area contributed by atoms with Gasteiger partial charge in [-0.2, -0.15) is 0 Å². The van der Waals surface area contributed by atoms with Crippen LogP contribution in [-0.4, -0.2) is 15.0 Å².